The minimum atomic E-state index is -0.504. The molecule has 4 rings (SSSR count). The molecule has 0 radical (unpaired) electrons. The van der Waals surface area contributed by atoms with Crippen LogP contribution in [0.1, 0.15) is 31.1 Å². The van der Waals surface area contributed by atoms with Gasteiger partial charge in [0.25, 0.3) is 0 Å². The normalized spacial score (nSPS) is 12.5. The van der Waals surface area contributed by atoms with Crippen molar-refractivity contribution in [2.45, 2.75) is 26.4 Å². The van der Waals surface area contributed by atoms with Gasteiger partial charge in [0.1, 0.15) is 5.60 Å². The van der Waals surface area contributed by atoms with E-state index in [0.29, 0.717) is 5.56 Å². The molecule has 0 saturated carbocycles. The molecule has 0 spiro atoms. The van der Waals surface area contributed by atoms with Crippen molar-refractivity contribution in [3.63, 3.8) is 0 Å². The Labute approximate surface area is 194 Å². The van der Waals surface area contributed by atoms with Gasteiger partial charge in [-0.15, -0.1) is 0 Å². The number of hydrogen-bond acceptors (Lipinski definition) is 2. The second kappa shape index (κ2) is 7.57. The zero-order chi connectivity index (χ0) is 20.1. The Morgan fingerprint density at radius 3 is 2.29 bits per heavy atom. The summed E-state index contributed by atoms with van der Waals surface area (Å²) in [6.07, 6.45) is 0. The Bertz CT molecular complexity index is 1220. The molecule has 2 nitrogen and oxygen atoms in total. The molecular weight excluding hydrogens is 594 g/mol. The van der Waals surface area contributed by atoms with Gasteiger partial charge in [-0.05, 0) is 108 Å². The number of hydrogen-bond donors (Lipinski definition) is 0. The molecule has 0 aliphatic carbocycles. The van der Waals surface area contributed by atoms with E-state index in [1.807, 2.05) is 32.9 Å². The summed E-state index contributed by atoms with van der Waals surface area (Å²) in [6, 6.07) is 21.2. The van der Waals surface area contributed by atoms with Gasteiger partial charge in [-0.3, -0.25) is 0 Å². The van der Waals surface area contributed by atoms with Crippen LogP contribution in [0.2, 0.25) is 0 Å². The third-order valence-corrected chi connectivity index (χ3v) is 9.54. The van der Waals surface area contributed by atoms with Crippen LogP contribution in [-0.2, 0) is 4.74 Å². The summed E-state index contributed by atoms with van der Waals surface area (Å²) in [5.41, 5.74) is 0.0991. The highest BCUT2D eigenvalue weighted by molar-refractivity contribution is 14.1. The van der Waals surface area contributed by atoms with Crippen LogP contribution in [0.25, 0.3) is 25.1 Å². The van der Waals surface area contributed by atoms with E-state index in [-0.39, 0.29) is 16.4 Å². The maximum absolute atomic E-state index is 12.6. The molecule has 0 saturated heterocycles. The van der Waals surface area contributed by atoms with Gasteiger partial charge in [0.15, 0.2) is 14.3 Å². The van der Waals surface area contributed by atoms with Crippen molar-refractivity contribution in [2.75, 3.05) is 0 Å². The molecule has 1 heterocycles. The summed E-state index contributed by atoms with van der Waals surface area (Å²) in [5, 5.41) is 2.34. The summed E-state index contributed by atoms with van der Waals surface area (Å²) >= 11 is 4.77. The summed E-state index contributed by atoms with van der Waals surface area (Å²) in [5.74, 6) is -0.275. The van der Waals surface area contributed by atoms with E-state index in [2.05, 4.69) is 93.7 Å². The highest BCUT2D eigenvalue weighted by Crippen LogP contribution is 2.49. The number of esters is 1. The maximum atomic E-state index is 12.6. The van der Waals surface area contributed by atoms with Gasteiger partial charge in [0.2, 0.25) is 0 Å². The lowest BCUT2D eigenvalue weighted by Gasteiger charge is -2.19. The van der Waals surface area contributed by atoms with Crippen LogP contribution in [-0.4, -0.2) is 11.6 Å². The Hall–Kier alpha value is -1.19. The molecule has 1 atom stereocenters. The maximum Gasteiger partial charge on any atom is 0.338 e. The first-order valence-corrected chi connectivity index (χ1v) is 12.3. The van der Waals surface area contributed by atoms with Crippen molar-refractivity contribution in [3.8, 4) is 4.90 Å². The lowest BCUT2D eigenvalue weighted by Crippen LogP contribution is -2.23. The summed E-state index contributed by atoms with van der Waals surface area (Å²) in [4.78, 5) is 13.9. The monoisotopic (exact) mass is 613 g/mol. The van der Waals surface area contributed by atoms with E-state index in [4.69, 9.17) is 4.74 Å². The van der Waals surface area contributed by atoms with Crippen LogP contribution < -0.4 is 0 Å². The molecule has 0 bridgehead atoms. The minimum Gasteiger partial charge on any atom is -0.456 e. The van der Waals surface area contributed by atoms with Gasteiger partial charge < -0.3 is 4.74 Å². The average Bonchev–Trinajstić information content (AvgIpc) is 2.96. The van der Waals surface area contributed by atoms with E-state index in [1.54, 1.807) is 0 Å². The second-order valence-electron chi connectivity index (χ2n) is 7.59. The number of halogens is 2. The molecule has 1 unspecified atom stereocenters. The number of fused-ring (bicyclic) bond motifs is 3. The van der Waals surface area contributed by atoms with E-state index in [9.17, 15) is 4.79 Å². The molecule has 0 amide bonds. The van der Waals surface area contributed by atoms with E-state index in [1.165, 1.54) is 26.8 Å². The van der Waals surface area contributed by atoms with Gasteiger partial charge in [-0.2, -0.15) is 0 Å². The van der Waals surface area contributed by atoms with Crippen LogP contribution in [0.5, 0.6) is 0 Å². The molecule has 5 heteroatoms. The second-order valence-corrected chi connectivity index (χ2v) is 11.9. The number of benzene rings is 3. The van der Waals surface area contributed by atoms with E-state index < -0.39 is 5.60 Å². The van der Waals surface area contributed by atoms with Crippen LogP contribution >= 0.6 is 55.7 Å². The molecule has 0 fully saturated rings. The predicted octanol–water partition coefficient (Wildman–Crippen LogP) is 7.90. The van der Waals surface area contributed by atoms with Crippen LogP contribution in [0.15, 0.2) is 60.7 Å². The molecule has 28 heavy (non-hydrogen) atoms. The molecule has 1 aromatic heterocycles. The van der Waals surface area contributed by atoms with Crippen LogP contribution in [0.3, 0.4) is 0 Å². The first kappa shape index (κ1) is 20.1. The quantitative estimate of drug-likeness (QED) is 0.131. The standard InChI is InChI=1S/C23H19I2O2S/c1-23(2,3)27-22(26)14-8-11-21-17(12-14)16-6-4-5-7-20(16)28(21)15-9-10-18(24)19(25)13-15/h4-13H,1-3H3/q+1. The summed E-state index contributed by atoms with van der Waals surface area (Å²) in [7, 11) is -0.160. The fraction of sp³-hybridized carbons (Fsp3) is 0.174. The molecule has 0 aliphatic heterocycles. The van der Waals surface area contributed by atoms with Gasteiger partial charge in [-0.1, -0.05) is 12.1 Å². The topological polar surface area (TPSA) is 26.3 Å². The van der Waals surface area contributed by atoms with Crippen molar-refractivity contribution in [1.82, 2.24) is 0 Å². The number of rotatable bonds is 2. The van der Waals surface area contributed by atoms with Crippen LogP contribution in [0.4, 0.5) is 0 Å². The Kier molecular flexibility index (Phi) is 5.43. The van der Waals surface area contributed by atoms with Crippen molar-refractivity contribution >= 4 is 81.8 Å². The van der Waals surface area contributed by atoms with Crippen molar-refractivity contribution in [3.05, 3.63) is 73.4 Å². The SMILES string of the molecule is CC(C)(C)OC(=O)c1ccc2c(c1)c1ccccc1[s+]2-c1ccc(I)c(I)c1. The fourth-order valence-corrected chi connectivity index (χ4v) is 6.68. The number of ether oxygens (including phenoxy) is 1. The van der Waals surface area contributed by atoms with Crippen molar-refractivity contribution in [1.29, 1.82) is 0 Å². The first-order chi connectivity index (χ1) is 13.2. The third-order valence-electron chi connectivity index (χ3n) is 4.36. The van der Waals surface area contributed by atoms with Gasteiger partial charge in [0, 0.05) is 34.4 Å². The molecule has 0 N–H and O–H groups in total. The summed E-state index contributed by atoms with van der Waals surface area (Å²) < 4.78 is 10.7. The minimum absolute atomic E-state index is 0.160. The predicted molar refractivity (Wildman–Crippen MR) is 136 cm³/mol. The zero-order valence-corrected chi connectivity index (χ0v) is 20.9. The average molecular weight is 613 g/mol. The smallest absolute Gasteiger partial charge is 0.338 e. The van der Waals surface area contributed by atoms with Crippen molar-refractivity contribution < 1.29 is 9.53 Å². The highest BCUT2D eigenvalue weighted by Gasteiger charge is 2.26. The summed E-state index contributed by atoms with van der Waals surface area (Å²) in [6.45, 7) is 5.68. The van der Waals surface area contributed by atoms with Crippen molar-refractivity contribution in [2.24, 2.45) is 0 Å². The van der Waals surface area contributed by atoms with Gasteiger partial charge in [-0.25, -0.2) is 4.79 Å². The largest absolute Gasteiger partial charge is 0.456 e. The molecule has 4 aromatic rings. The third kappa shape index (κ3) is 3.80. The highest BCUT2D eigenvalue weighted by atomic mass is 127. The molecule has 142 valence electrons. The molecule has 3 aromatic carbocycles. The van der Waals surface area contributed by atoms with Gasteiger partial charge >= 0.3 is 5.97 Å². The van der Waals surface area contributed by atoms with E-state index >= 15 is 0 Å². The molecular formula is C23H19I2O2S+. The number of carbonyl (C=O) groups is 1. The number of carbonyl (C=O) groups excluding carboxylic acids is 1. The Balaban J connectivity index is 1.95. The Morgan fingerprint density at radius 2 is 1.57 bits per heavy atom. The number of thiophene rings is 1. The van der Waals surface area contributed by atoms with E-state index in [0.717, 1.165) is 5.39 Å². The Morgan fingerprint density at radius 1 is 0.857 bits per heavy atom. The zero-order valence-electron chi connectivity index (χ0n) is 15.8. The molecule has 0 aliphatic rings. The van der Waals surface area contributed by atoms with Crippen LogP contribution in [0, 0.1) is 7.14 Å². The lowest BCUT2D eigenvalue weighted by molar-refractivity contribution is 0.00697. The lowest BCUT2D eigenvalue weighted by atomic mass is 10.1. The fourth-order valence-electron chi connectivity index (χ4n) is 3.23. The van der Waals surface area contributed by atoms with Gasteiger partial charge in [0.05, 0.1) is 5.56 Å². The first-order valence-electron chi connectivity index (χ1n) is 8.91.